The lowest BCUT2D eigenvalue weighted by molar-refractivity contribution is 0.108. The summed E-state index contributed by atoms with van der Waals surface area (Å²) in [4.78, 5) is 5.45. The SMILES string of the molecule is O=S(=O)(NCCN1CCC(CN(Cc2ccccc2)C2CCCc3ccc(O)cc3C2)CC1)c1cccc2ccccc12. The Morgan fingerprint density at radius 1 is 0.860 bits per heavy atom. The summed E-state index contributed by atoms with van der Waals surface area (Å²) in [7, 11) is -3.58. The minimum Gasteiger partial charge on any atom is -0.508 e. The van der Waals surface area contributed by atoms with Crippen LogP contribution in [0.2, 0.25) is 0 Å². The van der Waals surface area contributed by atoms with Crippen molar-refractivity contribution >= 4 is 20.8 Å². The summed E-state index contributed by atoms with van der Waals surface area (Å²) in [5.74, 6) is 0.972. The zero-order valence-corrected chi connectivity index (χ0v) is 25.7. The van der Waals surface area contributed by atoms with E-state index in [0.717, 1.165) is 69.1 Å². The zero-order chi connectivity index (χ0) is 29.6. The maximum atomic E-state index is 13.1. The monoisotopic (exact) mass is 597 g/mol. The molecule has 0 saturated carbocycles. The topological polar surface area (TPSA) is 72.9 Å². The molecule has 2 aliphatic rings. The molecule has 0 bridgehead atoms. The number of hydrogen-bond acceptors (Lipinski definition) is 5. The predicted octanol–water partition coefficient (Wildman–Crippen LogP) is 5.99. The molecule has 7 heteroatoms. The molecule has 2 N–H and O–H groups in total. The van der Waals surface area contributed by atoms with Crippen LogP contribution in [0.25, 0.3) is 10.8 Å². The Kier molecular flexibility index (Phi) is 9.43. The van der Waals surface area contributed by atoms with E-state index in [9.17, 15) is 13.5 Å². The fourth-order valence-corrected chi connectivity index (χ4v) is 8.22. The van der Waals surface area contributed by atoms with Gasteiger partial charge in [0, 0.05) is 37.6 Å². The number of phenolic OH excluding ortho intramolecular Hbond substituents is 1. The summed E-state index contributed by atoms with van der Waals surface area (Å²) in [6.45, 7) is 5.10. The van der Waals surface area contributed by atoms with Crippen LogP contribution in [0.3, 0.4) is 0 Å². The first-order valence-corrected chi connectivity index (χ1v) is 17.2. The van der Waals surface area contributed by atoms with E-state index in [2.05, 4.69) is 50.9 Å². The summed E-state index contributed by atoms with van der Waals surface area (Å²) in [6.07, 6.45) is 6.62. The average Bonchev–Trinajstić information content (AvgIpc) is 3.24. The molecule has 1 fully saturated rings. The van der Waals surface area contributed by atoms with Crippen LogP contribution in [0, 0.1) is 5.92 Å². The van der Waals surface area contributed by atoms with Gasteiger partial charge in [0.1, 0.15) is 5.75 Å². The highest BCUT2D eigenvalue weighted by molar-refractivity contribution is 7.89. The normalized spacial score (nSPS) is 18.5. The van der Waals surface area contributed by atoms with Crippen molar-refractivity contribution in [3.63, 3.8) is 0 Å². The van der Waals surface area contributed by atoms with Crippen molar-refractivity contribution in [2.45, 2.75) is 56.0 Å². The number of aromatic hydroxyl groups is 1. The molecule has 6 rings (SSSR count). The first-order valence-electron chi connectivity index (χ1n) is 15.7. The molecule has 1 unspecified atom stereocenters. The van der Waals surface area contributed by atoms with E-state index in [1.54, 1.807) is 12.1 Å². The Labute approximate surface area is 256 Å². The van der Waals surface area contributed by atoms with E-state index in [1.807, 2.05) is 42.5 Å². The Hall–Kier alpha value is -3.23. The van der Waals surface area contributed by atoms with Crippen molar-refractivity contribution in [3.8, 4) is 5.75 Å². The molecule has 0 amide bonds. The Morgan fingerprint density at radius 2 is 1.63 bits per heavy atom. The van der Waals surface area contributed by atoms with Gasteiger partial charge in [-0.3, -0.25) is 4.90 Å². The number of piperidine rings is 1. The van der Waals surface area contributed by atoms with Gasteiger partial charge >= 0.3 is 0 Å². The second-order valence-electron chi connectivity index (χ2n) is 12.3. The number of hydrogen-bond donors (Lipinski definition) is 2. The Bertz CT molecular complexity index is 1610. The van der Waals surface area contributed by atoms with Crippen molar-refractivity contribution in [1.29, 1.82) is 0 Å². The van der Waals surface area contributed by atoms with Crippen LogP contribution < -0.4 is 4.72 Å². The molecule has 1 saturated heterocycles. The quantitative estimate of drug-likeness (QED) is 0.220. The number of aryl methyl sites for hydroxylation is 1. The van der Waals surface area contributed by atoms with Gasteiger partial charge in [-0.05, 0) is 97.8 Å². The van der Waals surface area contributed by atoms with Gasteiger partial charge in [-0.25, -0.2) is 13.1 Å². The largest absolute Gasteiger partial charge is 0.508 e. The number of nitrogens with one attached hydrogen (secondary N) is 1. The highest BCUT2D eigenvalue weighted by atomic mass is 32.2. The van der Waals surface area contributed by atoms with E-state index in [1.165, 1.54) is 23.1 Å². The molecule has 1 atom stereocenters. The molecular weight excluding hydrogens is 554 g/mol. The fraction of sp³-hybridized carbons (Fsp3) is 0.389. The molecule has 1 aliphatic carbocycles. The number of benzene rings is 4. The average molecular weight is 598 g/mol. The standard InChI is InChI=1S/C36H43N3O3S/c40-34-17-16-30-11-6-13-33(24-32(30)25-34)39(26-28-8-2-1-3-9-28)27-29-18-21-38(22-19-29)23-20-37-43(41,42)36-15-7-12-31-10-4-5-14-35(31)36/h1-5,7-10,12,14-17,25,29,33,37,40H,6,11,13,18-24,26-27H2. The molecule has 0 aromatic heterocycles. The van der Waals surface area contributed by atoms with E-state index in [-0.39, 0.29) is 0 Å². The molecule has 226 valence electrons. The van der Waals surface area contributed by atoms with Gasteiger partial charge in [0.05, 0.1) is 4.90 Å². The van der Waals surface area contributed by atoms with Crippen molar-refractivity contribution in [1.82, 2.24) is 14.5 Å². The lowest BCUT2D eigenvalue weighted by atomic mass is 9.93. The third-order valence-electron chi connectivity index (χ3n) is 9.33. The summed E-state index contributed by atoms with van der Waals surface area (Å²) in [6, 6.07) is 30.2. The van der Waals surface area contributed by atoms with Gasteiger partial charge < -0.3 is 10.0 Å². The number of nitrogens with zero attached hydrogens (tertiary/aromatic N) is 2. The molecule has 6 nitrogen and oxygen atoms in total. The van der Waals surface area contributed by atoms with Gasteiger partial charge in [-0.1, -0.05) is 72.8 Å². The smallest absolute Gasteiger partial charge is 0.241 e. The lowest BCUT2D eigenvalue weighted by Gasteiger charge is -2.38. The van der Waals surface area contributed by atoms with Crippen molar-refractivity contribution in [2.24, 2.45) is 5.92 Å². The zero-order valence-electron chi connectivity index (χ0n) is 24.9. The van der Waals surface area contributed by atoms with E-state index < -0.39 is 10.0 Å². The summed E-state index contributed by atoms with van der Waals surface area (Å²) in [5, 5.41) is 11.9. The van der Waals surface area contributed by atoms with Crippen LogP contribution in [0.4, 0.5) is 0 Å². The van der Waals surface area contributed by atoms with Crippen LogP contribution in [0.1, 0.15) is 42.4 Å². The third-order valence-corrected chi connectivity index (χ3v) is 10.9. The highest BCUT2D eigenvalue weighted by Gasteiger charge is 2.28. The molecule has 0 radical (unpaired) electrons. The van der Waals surface area contributed by atoms with Crippen LogP contribution in [0.5, 0.6) is 5.75 Å². The van der Waals surface area contributed by atoms with Crippen LogP contribution >= 0.6 is 0 Å². The van der Waals surface area contributed by atoms with Gasteiger partial charge in [0.25, 0.3) is 0 Å². The summed E-state index contributed by atoms with van der Waals surface area (Å²) in [5.41, 5.74) is 4.02. The second-order valence-corrected chi connectivity index (χ2v) is 14.0. The van der Waals surface area contributed by atoms with E-state index in [0.29, 0.717) is 35.7 Å². The predicted molar refractivity (Wildman–Crippen MR) is 174 cm³/mol. The van der Waals surface area contributed by atoms with E-state index >= 15 is 0 Å². The summed E-state index contributed by atoms with van der Waals surface area (Å²) < 4.78 is 29.1. The minimum absolute atomic E-state index is 0.346. The first-order chi connectivity index (χ1) is 20.9. The lowest BCUT2D eigenvalue weighted by Crippen LogP contribution is -2.44. The molecule has 0 spiro atoms. The number of rotatable bonds is 10. The Morgan fingerprint density at radius 3 is 2.47 bits per heavy atom. The van der Waals surface area contributed by atoms with Crippen LogP contribution in [-0.2, 0) is 29.4 Å². The van der Waals surface area contributed by atoms with E-state index in [4.69, 9.17) is 0 Å². The molecule has 1 aliphatic heterocycles. The molecule has 1 heterocycles. The number of phenols is 1. The Balaban J connectivity index is 1.05. The second kappa shape index (κ2) is 13.6. The number of sulfonamides is 1. The number of likely N-dealkylation sites (tertiary alicyclic amines) is 1. The highest BCUT2D eigenvalue weighted by Crippen LogP contribution is 2.30. The van der Waals surface area contributed by atoms with Crippen molar-refractivity contribution in [2.75, 3.05) is 32.7 Å². The van der Waals surface area contributed by atoms with Gasteiger partial charge in [-0.2, -0.15) is 0 Å². The summed E-state index contributed by atoms with van der Waals surface area (Å²) >= 11 is 0. The van der Waals surface area contributed by atoms with Gasteiger partial charge in [-0.15, -0.1) is 0 Å². The maximum Gasteiger partial charge on any atom is 0.241 e. The van der Waals surface area contributed by atoms with Crippen LogP contribution in [-0.4, -0.2) is 62.1 Å². The first kappa shape index (κ1) is 29.8. The molecule has 43 heavy (non-hydrogen) atoms. The maximum absolute atomic E-state index is 13.1. The van der Waals surface area contributed by atoms with Gasteiger partial charge in [0.15, 0.2) is 0 Å². The minimum atomic E-state index is -3.58. The molecule has 4 aromatic rings. The van der Waals surface area contributed by atoms with Crippen molar-refractivity contribution in [3.05, 3.63) is 108 Å². The third kappa shape index (κ3) is 7.47. The van der Waals surface area contributed by atoms with Crippen LogP contribution in [0.15, 0.2) is 95.9 Å². The fourth-order valence-electron chi connectivity index (χ4n) is 6.97. The van der Waals surface area contributed by atoms with Crippen molar-refractivity contribution < 1.29 is 13.5 Å². The van der Waals surface area contributed by atoms with Gasteiger partial charge in [0.2, 0.25) is 10.0 Å². The molecular formula is C36H43N3O3S. The number of fused-ring (bicyclic) bond motifs is 2. The molecule has 4 aromatic carbocycles.